The lowest BCUT2D eigenvalue weighted by atomic mass is 10.0. The number of hydrogen-bond acceptors (Lipinski definition) is 1. The van der Waals surface area contributed by atoms with Crippen LogP contribution in [0.3, 0.4) is 0 Å². The lowest BCUT2D eigenvalue weighted by molar-refractivity contribution is 0.487. The lowest BCUT2D eigenvalue weighted by Crippen LogP contribution is -2.14. The smallest absolute Gasteiger partial charge is 0.0635 e. The van der Waals surface area contributed by atoms with Crippen molar-refractivity contribution in [2.45, 2.75) is 49.9 Å². The van der Waals surface area contributed by atoms with Crippen molar-refractivity contribution in [3.8, 4) is 0 Å². The van der Waals surface area contributed by atoms with Gasteiger partial charge in [-0.15, -0.1) is 0 Å². The SMILES string of the molecule is CC(C)n1ncc(Br)c1C1CCCC1Br. The Morgan fingerprint density at radius 2 is 2.20 bits per heavy atom. The first-order chi connectivity index (χ1) is 7.11. The predicted octanol–water partition coefficient (Wildman–Crippen LogP) is 4.26. The highest BCUT2D eigenvalue weighted by Crippen LogP contribution is 2.42. The molecule has 1 aliphatic rings. The number of aromatic nitrogens is 2. The maximum absolute atomic E-state index is 4.44. The fourth-order valence-corrected chi connectivity index (χ4v) is 3.74. The molecule has 4 heteroatoms. The van der Waals surface area contributed by atoms with Crippen LogP contribution in [0.4, 0.5) is 0 Å². The molecule has 2 nitrogen and oxygen atoms in total. The Hall–Kier alpha value is 0.170. The molecule has 1 heterocycles. The van der Waals surface area contributed by atoms with Gasteiger partial charge < -0.3 is 0 Å². The molecule has 0 aromatic carbocycles. The Kier molecular flexibility index (Phi) is 3.56. The molecular formula is C11H16Br2N2. The summed E-state index contributed by atoms with van der Waals surface area (Å²) in [6.07, 6.45) is 5.79. The highest BCUT2D eigenvalue weighted by atomic mass is 79.9. The van der Waals surface area contributed by atoms with E-state index in [9.17, 15) is 0 Å². The molecular weight excluding hydrogens is 320 g/mol. The van der Waals surface area contributed by atoms with Crippen molar-refractivity contribution in [1.82, 2.24) is 9.78 Å². The fourth-order valence-electron chi connectivity index (χ4n) is 2.33. The first-order valence-corrected chi connectivity index (χ1v) is 7.19. The van der Waals surface area contributed by atoms with Crippen molar-refractivity contribution in [2.75, 3.05) is 0 Å². The zero-order valence-corrected chi connectivity index (χ0v) is 12.3. The van der Waals surface area contributed by atoms with Crippen molar-refractivity contribution >= 4 is 31.9 Å². The summed E-state index contributed by atoms with van der Waals surface area (Å²) in [5, 5.41) is 4.44. The summed E-state index contributed by atoms with van der Waals surface area (Å²) in [6, 6.07) is 0.437. The second-order valence-corrected chi connectivity index (χ2v) is 6.50. The third-order valence-corrected chi connectivity index (χ3v) is 4.77. The standard InChI is InChI=1S/C11H16Br2N2/c1-7(2)15-11(10(13)6-14-15)8-4-3-5-9(8)12/h6-9H,3-5H2,1-2H3. The fraction of sp³-hybridized carbons (Fsp3) is 0.727. The van der Waals surface area contributed by atoms with Crippen molar-refractivity contribution in [3.05, 3.63) is 16.4 Å². The minimum Gasteiger partial charge on any atom is -0.266 e. The summed E-state index contributed by atoms with van der Waals surface area (Å²) in [6.45, 7) is 4.36. The molecule has 0 saturated heterocycles. The molecule has 1 fully saturated rings. The minimum absolute atomic E-state index is 0.437. The predicted molar refractivity (Wildman–Crippen MR) is 69.6 cm³/mol. The molecule has 0 amide bonds. The molecule has 0 N–H and O–H groups in total. The van der Waals surface area contributed by atoms with Crippen LogP contribution in [0.15, 0.2) is 10.7 Å². The number of nitrogens with zero attached hydrogens (tertiary/aromatic N) is 2. The normalized spacial score (nSPS) is 26.5. The molecule has 1 aromatic heterocycles. The van der Waals surface area contributed by atoms with Gasteiger partial charge in [0.05, 0.1) is 16.4 Å². The summed E-state index contributed by atoms with van der Waals surface area (Å²) in [5.74, 6) is 0.615. The van der Waals surface area contributed by atoms with Gasteiger partial charge in [0.2, 0.25) is 0 Å². The van der Waals surface area contributed by atoms with E-state index in [1.165, 1.54) is 25.0 Å². The van der Waals surface area contributed by atoms with Gasteiger partial charge in [0.25, 0.3) is 0 Å². The summed E-state index contributed by atoms with van der Waals surface area (Å²) < 4.78 is 3.31. The second-order valence-electron chi connectivity index (χ2n) is 4.47. The number of alkyl halides is 1. The van der Waals surface area contributed by atoms with E-state index in [0.29, 0.717) is 16.8 Å². The maximum Gasteiger partial charge on any atom is 0.0635 e. The Labute approximate surface area is 108 Å². The van der Waals surface area contributed by atoms with Crippen LogP contribution >= 0.6 is 31.9 Å². The van der Waals surface area contributed by atoms with E-state index < -0.39 is 0 Å². The van der Waals surface area contributed by atoms with Crippen molar-refractivity contribution in [1.29, 1.82) is 0 Å². The topological polar surface area (TPSA) is 17.8 Å². The minimum atomic E-state index is 0.437. The summed E-state index contributed by atoms with van der Waals surface area (Å²) in [4.78, 5) is 0.614. The summed E-state index contributed by atoms with van der Waals surface area (Å²) in [7, 11) is 0. The molecule has 0 radical (unpaired) electrons. The zero-order chi connectivity index (χ0) is 11.0. The number of rotatable bonds is 2. The van der Waals surface area contributed by atoms with Crippen LogP contribution in [-0.2, 0) is 0 Å². The van der Waals surface area contributed by atoms with E-state index in [2.05, 4.69) is 55.5 Å². The van der Waals surface area contributed by atoms with E-state index in [-0.39, 0.29) is 0 Å². The van der Waals surface area contributed by atoms with E-state index in [1.54, 1.807) is 0 Å². The maximum atomic E-state index is 4.44. The molecule has 1 aliphatic carbocycles. The molecule has 2 unspecified atom stereocenters. The Morgan fingerprint density at radius 3 is 2.73 bits per heavy atom. The first kappa shape index (κ1) is 11.6. The monoisotopic (exact) mass is 334 g/mol. The van der Waals surface area contributed by atoms with Crippen LogP contribution in [-0.4, -0.2) is 14.6 Å². The van der Waals surface area contributed by atoms with E-state index in [4.69, 9.17) is 0 Å². The molecule has 1 saturated carbocycles. The van der Waals surface area contributed by atoms with Gasteiger partial charge in [-0.1, -0.05) is 22.4 Å². The van der Waals surface area contributed by atoms with E-state index >= 15 is 0 Å². The highest BCUT2D eigenvalue weighted by molar-refractivity contribution is 9.10. The molecule has 1 aromatic rings. The van der Waals surface area contributed by atoms with Gasteiger partial charge in [0.1, 0.15) is 0 Å². The highest BCUT2D eigenvalue weighted by Gasteiger charge is 2.31. The molecule has 0 spiro atoms. The van der Waals surface area contributed by atoms with Crippen LogP contribution in [0.25, 0.3) is 0 Å². The van der Waals surface area contributed by atoms with Crippen LogP contribution < -0.4 is 0 Å². The Balaban J connectivity index is 2.37. The molecule has 84 valence electrons. The average molecular weight is 336 g/mol. The van der Waals surface area contributed by atoms with Gasteiger partial charge >= 0.3 is 0 Å². The van der Waals surface area contributed by atoms with Gasteiger partial charge in [-0.2, -0.15) is 5.10 Å². The largest absolute Gasteiger partial charge is 0.266 e. The van der Waals surface area contributed by atoms with Gasteiger partial charge in [0.15, 0.2) is 0 Å². The summed E-state index contributed by atoms with van der Waals surface area (Å²) in [5.41, 5.74) is 1.37. The third-order valence-electron chi connectivity index (χ3n) is 3.06. The first-order valence-electron chi connectivity index (χ1n) is 5.48. The number of hydrogen-bond donors (Lipinski definition) is 0. The van der Waals surface area contributed by atoms with Crippen LogP contribution in [0.1, 0.15) is 50.8 Å². The van der Waals surface area contributed by atoms with Crippen LogP contribution in [0, 0.1) is 0 Å². The van der Waals surface area contributed by atoms with Crippen LogP contribution in [0.2, 0.25) is 0 Å². The van der Waals surface area contributed by atoms with Crippen molar-refractivity contribution in [2.24, 2.45) is 0 Å². The Morgan fingerprint density at radius 1 is 1.47 bits per heavy atom. The van der Waals surface area contributed by atoms with Crippen molar-refractivity contribution in [3.63, 3.8) is 0 Å². The lowest BCUT2D eigenvalue weighted by Gasteiger charge is -2.19. The van der Waals surface area contributed by atoms with Crippen LogP contribution in [0.5, 0.6) is 0 Å². The molecule has 2 atom stereocenters. The molecule has 0 bridgehead atoms. The number of halogens is 2. The average Bonchev–Trinajstić information content (AvgIpc) is 2.71. The quantitative estimate of drug-likeness (QED) is 0.738. The molecule has 2 rings (SSSR count). The third kappa shape index (κ3) is 2.16. The summed E-state index contributed by atoms with van der Waals surface area (Å²) >= 11 is 7.40. The van der Waals surface area contributed by atoms with Crippen molar-refractivity contribution < 1.29 is 0 Å². The Bertz CT molecular complexity index is 346. The van der Waals surface area contributed by atoms with Gasteiger partial charge in [-0.05, 0) is 42.6 Å². The van der Waals surface area contributed by atoms with E-state index in [0.717, 1.165) is 4.47 Å². The van der Waals surface area contributed by atoms with Gasteiger partial charge in [-0.25, -0.2) is 0 Å². The van der Waals surface area contributed by atoms with Gasteiger partial charge in [0, 0.05) is 16.8 Å². The second kappa shape index (κ2) is 4.58. The van der Waals surface area contributed by atoms with Gasteiger partial charge in [-0.3, -0.25) is 4.68 Å². The molecule has 15 heavy (non-hydrogen) atoms. The zero-order valence-electron chi connectivity index (χ0n) is 9.08. The molecule has 0 aliphatic heterocycles. The van der Waals surface area contributed by atoms with E-state index in [1.807, 2.05) is 6.20 Å².